The number of hydrogen-bond donors (Lipinski definition) is 2. The zero-order valence-corrected chi connectivity index (χ0v) is 14.4. The lowest BCUT2D eigenvalue weighted by Gasteiger charge is -2.14. The summed E-state index contributed by atoms with van der Waals surface area (Å²) in [5, 5.41) is 6.21. The third-order valence-electron chi connectivity index (χ3n) is 4.04. The van der Waals surface area contributed by atoms with Crippen LogP contribution in [0.4, 0.5) is 5.69 Å². The molecule has 1 saturated heterocycles. The summed E-state index contributed by atoms with van der Waals surface area (Å²) in [6.45, 7) is 1.21. The molecule has 0 radical (unpaired) electrons. The number of carbonyl (C=O) groups is 2. The first kappa shape index (κ1) is 17.5. The molecule has 1 atom stereocenters. The second kappa shape index (κ2) is 8.14. The lowest BCUT2D eigenvalue weighted by atomic mass is 10.1. The van der Waals surface area contributed by atoms with E-state index in [1.165, 1.54) is 0 Å². The molecule has 6 heteroatoms. The van der Waals surface area contributed by atoms with Gasteiger partial charge in [-0.2, -0.15) is 0 Å². The predicted octanol–water partition coefficient (Wildman–Crippen LogP) is 3.50. The summed E-state index contributed by atoms with van der Waals surface area (Å²) in [7, 11) is 0. The van der Waals surface area contributed by atoms with E-state index in [4.69, 9.17) is 16.3 Å². The Balaban J connectivity index is 1.68. The minimum atomic E-state index is -0.295. The minimum Gasteiger partial charge on any atom is -0.376 e. The van der Waals surface area contributed by atoms with Crippen molar-refractivity contribution in [3.63, 3.8) is 0 Å². The summed E-state index contributed by atoms with van der Waals surface area (Å²) in [4.78, 5) is 24.8. The van der Waals surface area contributed by atoms with Crippen LogP contribution in [-0.4, -0.2) is 31.1 Å². The molecular weight excluding hydrogens is 340 g/mol. The fraction of sp³-hybridized carbons (Fsp3) is 0.263. The van der Waals surface area contributed by atoms with E-state index >= 15 is 0 Å². The van der Waals surface area contributed by atoms with Crippen molar-refractivity contribution in [1.29, 1.82) is 0 Å². The van der Waals surface area contributed by atoms with Crippen LogP contribution in [0.3, 0.4) is 0 Å². The molecule has 1 aliphatic heterocycles. The number of nitrogens with one attached hydrogen (secondary N) is 2. The maximum Gasteiger partial charge on any atom is 0.255 e. The first-order valence-electron chi connectivity index (χ1n) is 8.19. The molecule has 25 heavy (non-hydrogen) atoms. The molecule has 0 bridgehead atoms. The van der Waals surface area contributed by atoms with Crippen LogP contribution in [0.15, 0.2) is 48.5 Å². The number of carbonyl (C=O) groups excluding carboxylic acids is 2. The fourth-order valence-electron chi connectivity index (χ4n) is 2.69. The van der Waals surface area contributed by atoms with Gasteiger partial charge in [0, 0.05) is 23.7 Å². The van der Waals surface area contributed by atoms with Gasteiger partial charge in [0.05, 0.1) is 17.4 Å². The molecule has 3 rings (SSSR count). The topological polar surface area (TPSA) is 67.4 Å². The molecule has 0 saturated carbocycles. The lowest BCUT2D eigenvalue weighted by molar-refractivity contribution is 0.0858. The number of benzene rings is 2. The molecule has 2 amide bonds. The summed E-state index contributed by atoms with van der Waals surface area (Å²) in [6.07, 6.45) is 2.04. The highest BCUT2D eigenvalue weighted by atomic mass is 35.5. The number of para-hydroxylation sites is 1. The van der Waals surface area contributed by atoms with Gasteiger partial charge in [0.2, 0.25) is 0 Å². The quantitative estimate of drug-likeness (QED) is 0.859. The van der Waals surface area contributed by atoms with Crippen molar-refractivity contribution in [2.45, 2.75) is 18.9 Å². The summed E-state index contributed by atoms with van der Waals surface area (Å²) < 4.78 is 5.51. The Hall–Kier alpha value is -2.37. The maximum absolute atomic E-state index is 12.4. The van der Waals surface area contributed by atoms with E-state index in [-0.39, 0.29) is 17.9 Å². The van der Waals surface area contributed by atoms with Crippen molar-refractivity contribution >= 4 is 29.1 Å². The molecule has 0 spiro atoms. The predicted molar refractivity (Wildman–Crippen MR) is 97.2 cm³/mol. The maximum atomic E-state index is 12.4. The monoisotopic (exact) mass is 358 g/mol. The average Bonchev–Trinajstić information content (AvgIpc) is 3.14. The van der Waals surface area contributed by atoms with Gasteiger partial charge in [-0.15, -0.1) is 0 Å². The Kier molecular flexibility index (Phi) is 5.68. The second-order valence-electron chi connectivity index (χ2n) is 5.85. The van der Waals surface area contributed by atoms with Gasteiger partial charge in [0.1, 0.15) is 0 Å². The Bertz CT molecular complexity index is 756. The van der Waals surface area contributed by atoms with Gasteiger partial charge in [-0.25, -0.2) is 0 Å². The van der Waals surface area contributed by atoms with E-state index in [1.54, 1.807) is 48.5 Å². The molecule has 0 aliphatic carbocycles. The van der Waals surface area contributed by atoms with Crippen LogP contribution in [0.5, 0.6) is 0 Å². The van der Waals surface area contributed by atoms with Gasteiger partial charge in [0.15, 0.2) is 0 Å². The summed E-state index contributed by atoms with van der Waals surface area (Å²) in [5.41, 5.74) is 1.36. The Labute approximate surface area is 151 Å². The van der Waals surface area contributed by atoms with E-state index in [1.807, 2.05) is 0 Å². The molecule has 0 aromatic heterocycles. The smallest absolute Gasteiger partial charge is 0.255 e. The number of halogens is 1. The highest BCUT2D eigenvalue weighted by molar-refractivity contribution is 6.30. The molecule has 5 nitrogen and oxygen atoms in total. The van der Waals surface area contributed by atoms with E-state index in [9.17, 15) is 9.59 Å². The molecule has 1 fully saturated rings. The third kappa shape index (κ3) is 4.59. The summed E-state index contributed by atoms with van der Waals surface area (Å²) in [5.74, 6) is -0.529. The third-order valence-corrected chi connectivity index (χ3v) is 4.29. The van der Waals surface area contributed by atoms with Crippen molar-refractivity contribution in [2.24, 2.45) is 0 Å². The zero-order valence-electron chi connectivity index (χ0n) is 13.6. The molecule has 2 N–H and O–H groups in total. The number of rotatable bonds is 5. The highest BCUT2D eigenvalue weighted by Gasteiger charge is 2.18. The van der Waals surface area contributed by atoms with Crippen LogP contribution in [0.1, 0.15) is 33.6 Å². The number of amides is 2. The van der Waals surface area contributed by atoms with Crippen LogP contribution >= 0.6 is 11.6 Å². The average molecular weight is 359 g/mol. The number of ether oxygens (including phenoxy) is 1. The molecule has 0 unspecified atom stereocenters. The lowest BCUT2D eigenvalue weighted by Crippen LogP contribution is -2.32. The van der Waals surface area contributed by atoms with Gasteiger partial charge in [0.25, 0.3) is 11.8 Å². The van der Waals surface area contributed by atoms with Crippen LogP contribution in [0, 0.1) is 0 Å². The van der Waals surface area contributed by atoms with Crippen LogP contribution < -0.4 is 10.6 Å². The van der Waals surface area contributed by atoms with E-state index in [2.05, 4.69) is 10.6 Å². The van der Waals surface area contributed by atoms with E-state index < -0.39 is 0 Å². The molecule has 2 aromatic rings. The van der Waals surface area contributed by atoms with Gasteiger partial charge in [-0.3, -0.25) is 9.59 Å². The van der Waals surface area contributed by atoms with Crippen molar-refractivity contribution in [3.05, 3.63) is 64.7 Å². The van der Waals surface area contributed by atoms with Crippen molar-refractivity contribution in [2.75, 3.05) is 18.5 Å². The van der Waals surface area contributed by atoms with Gasteiger partial charge >= 0.3 is 0 Å². The largest absolute Gasteiger partial charge is 0.376 e. The Morgan fingerprint density at radius 1 is 1.08 bits per heavy atom. The molecule has 1 aliphatic rings. The fourth-order valence-corrected chi connectivity index (χ4v) is 2.82. The second-order valence-corrected chi connectivity index (χ2v) is 6.29. The van der Waals surface area contributed by atoms with Crippen molar-refractivity contribution in [1.82, 2.24) is 5.32 Å². The molecular formula is C19H19ClN2O3. The number of anilines is 1. The standard InChI is InChI=1S/C19H19ClN2O3/c20-14-9-7-13(8-10-14)18(23)22-17-6-2-1-5-16(17)19(24)21-12-15-4-3-11-25-15/h1-2,5-10,15H,3-4,11-12H2,(H,21,24)(H,22,23)/t15-/m0/s1. The van der Waals surface area contributed by atoms with Crippen molar-refractivity contribution < 1.29 is 14.3 Å². The number of hydrogen-bond acceptors (Lipinski definition) is 3. The van der Waals surface area contributed by atoms with Crippen LogP contribution in [-0.2, 0) is 4.74 Å². The Morgan fingerprint density at radius 3 is 2.56 bits per heavy atom. The summed E-state index contributed by atoms with van der Waals surface area (Å²) in [6, 6.07) is 13.5. The van der Waals surface area contributed by atoms with E-state index in [0.29, 0.717) is 28.4 Å². The van der Waals surface area contributed by atoms with Crippen LogP contribution in [0.2, 0.25) is 5.02 Å². The van der Waals surface area contributed by atoms with Gasteiger partial charge in [-0.05, 0) is 49.2 Å². The first-order valence-corrected chi connectivity index (χ1v) is 8.57. The normalized spacial score (nSPS) is 16.4. The van der Waals surface area contributed by atoms with Gasteiger partial charge in [-0.1, -0.05) is 23.7 Å². The molecule has 2 aromatic carbocycles. The summed E-state index contributed by atoms with van der Waals surface area (Å²) >= 11 is 5.84. The van der Waals surface area contributed by atoms with E-state index in [0.717, 1.165) is 19.4 Å². The zero-order chi connectivity index (χ0) is 17.6. The van der Waals surface area contributed by atoms with Gasteiger partial charge < -0.3 is 15.4 Å². The van der Waals surface area contributed by atoms with Crippen molar-refractivity contribution in [3.8, 4) is 0 Å². The Morgan fingerprint density at radius 2 is 1.84 bits per heavy atom. The first-order chi connectivity index (χ1) is 12.1. The molecule has 1 heterocycles. The SMILES string of the molecule is O=C(Nc1ccccc1C(=O)NC[C@@H]1CCCO1)c1ccc(Cl)cc1. The van der Waals surface area contributed by atoms with Crippen LogP contribution in [0.25, 0.3) is 0 Å². The minimum absolute atomic E-state index is 0.0692. The highest BCUT2D eigenvalue weighted by Crippen LogP contribution is 2.18. The molecule has 130 valence electrons.